The molecule has 0 spiro atoms. The second-order valence-corrected chi connectivity index (χ2v) is 5.80. The summed E-state index contributed by atoms with van der Waals surface area (Å²) in [4.78, 5) is 11.9. The Morgan fingerprint density at radius 1 is 1.36 bits per heavy atom. The Morgan fingerprint density at radius 2 is 2.00 bits per heavy atom. The topological polar surface area (TPSA) is 86.6 Å². The van der Waals surface area contributed by atoms with E-state index in [2.05, 4.69) is 15.7 Å². The molecule has 1 rings (SSSR count). The second kappa shape index (κ2) is 8.11. The van der Waals surface area contributed by atoms with Crippen LogP contribution in [0.15, 0.2) is 6.20 Å². The smallest absolute Gasteiger partial charge is 0.413 e. The Labute approximate surface area is 131 Å². The van der Waals surface area contributed by atoms with Crippen molar-refractivity contribution in [3.63, 3.8) is 0 Å². The number of ether oxygens (including phenoxy) is 3. The molecule has 1 amide bonds. The predicted octanol–water partition coefficient (Wildman–Crippen LogP) is 1.48. The third-order valence-corrected chi connectivity index (χ3v) is 2.79. The standard InChI is InChI=1S/C14H26N4O4/c1-14(2,3)22-13(19)17-12-10(8-16-18(12)4)7-15-9-11(20-5)21-6/h8,11,15H,7,9H2,1-6H3,(H,17,19). The van der Waals surface area contributed by atoms with Gasteiger partial charge < -0.3 is 19.5 Å². The van der Waals surface area contributed by atoms with Crippen molar-refractivity contribution in [3.8, 4) is 0 Å². The zero-order valence-corrected chi connectivity index (χ0v) is 14.1. The summed E-state index contributed by atoms with van der Waals surface area (Å²) in [6.45, 7) is 6.48. The van der Waals surface area contributed by atoms with Gasteiger partial charge in [-0.15, -0.1) is 0 Å². The summed E-state index contributed by atoms with van der Waals surface area (Å²) in [5.74, 6) is 0.591. The summed E-state index contributed by atoms with van der Waals surface area (Å²) in [7, 11) is 4.91. The number of anilines is 1. The highest BCUT2D eigenvalue weighted by Crippen LogP contribution is 2.16. The van der Waals surface area contributed by atoms with Gasteiger partial charge in [-0.25, -0.2) is 4.79 Å². The van der Waals surface area contributed by atoms with E-state index in [1.807, 2.05) is 20.8 Å². The lowest BCUT2D eigenvalue weighted by Gasteiger charge is -2.20. The number of hydrogen-bond donors (Lipinski definition) is 2. The van der Waals surface area contributed by atoms with Crippen molar-refractivity contribution in [2.24, 2.45) is 7.05 Å². The molecule has 0 aliphatic heterocycles. The molecule has 8 nitrogen and oxygen atoms in total. The van der Waals surface area contributed by atoms with Crippen LogP contribution in [0, 0.1) is 0 Å². The van der Waals surface area contributed by atoms with Crippen LogP contribution in [0.25, 0.3) is 0 Å². The number of nitrogens with one attached hydrogen (secondary N) is 2. The summed E-state index contributed by atoms with van der Waals surface area (Å²) in [5.41, 5.74) is 0.296. The molecule has 0 saturated carbocycles. The SMILES string of the molecule is COC(CNCc1cnn(C)c1NC(=O)OC(C)(C)C)OC. The van der Waals surface area contributed by atoms with Crippen molar-refractivity contribution in [2.75, 3.05) is 26.1 Å². The highest BCUT2D eigenvalue weighted by Gasteiger charge is 2.19. The lowest BCUT2D eigenvalue weighted by molar-refractivity contribution is -0.0989. The van der Waals surface area contributed by atoms with Crippen molar-refractivity contribution in [2.45, 2.75) is 39.2 Å². The maximum absolute atomic E-state index is 11.9. The van der Waals surface area contributed by atoms with Gasteiger partial charge in [0, 0.05) is 39.9 Å². The lowest BCUT2D eigenvalue weighted by Crippen LogP contribution is -2.30. The summed E-state index contributed by atoms with van der Waals surface area (Å²) < 4.78 is 17.0. The van der Waals surface area contributed by atoms with Crippen molar-refractivity contribution in [1.29, 1.82) is 0 Å². The molecule has 0 aromatic carbocycles. The van der Waals surface area contributed by atoms with Crippen LogP contribution in [0.5, 0.6) is 0 Å². The fraction of sp³-hybridized carbons (Fsp3) is 0.714. The normalized spacial score (nSPS) is 11.8. The van der Waals surface area contributed by atoms with Crippen LogP contribution in [-0.2, 0) is 27.8 Å². The van der Waals surface area contributed by atoms with Crippen LogP contribution in [0.2, 0.25) is 0 Å². The third kappa shape index (κ3) is 6.00. The van der Waals surface area contributed by atoms with Crippen LogP contribution >= 0.6 is 0 Å². The predicted molar refractivity (Wildman–Crippen MR) is 82.6 cm³/mol. The molecule has 1 aromatic heterocycles. The molecule has 22 heavy (non-hydrogen) atoms. The van der Waals surface area contributed by atoms with E-state index in [0.29, 0.717) is 18.9 Å². The molecule has 126 valence electrons. The second-order valence-electron chi connectivity index (χ2n) is 5.80. The van der Waals surface area contributed by atoms with Gasteiger partial charge in [0.15, 0.2) is 6.29 Å². The van der Waals surface area contributed by atoms with Gasteiger partial charge in [-0.2, -0.15) is 5.10 Å². The van der Waals surface area contributed by atoms with E-state index in [9.17, 15) is 4.79 Å². The number of rotatable bonds is 7. The number of aromatic nitrogens is 2. The number of aryl methyl sites for hydroxylation is 1. The number of methoxy groups -OCH3 is 2. The molecular weight excluding hydrogens is 288 g/mol. The van der Waals surface area contributed by atoms with E-state index in [0.717, 1.165) is 5.56 Å². The van der Waals surface area contributed by atoms with Crippen molar-refractivity contribution >= 4 is 11.9 Å². The zero-order valence-electron chi connectivity index (χ0n) is 14.1. The molecule has 8 heteroatoms. The number of amides is 1. The average molecular weight is 314 g/mol. The molecule has 1 heterocycles. The molecule has 0 aliphatic carbocycles. The first-order valence-electron chi connectivity index (χ1n) is 7.04. The van der Waals surface area contributed by atoms with Gasteiger partial charge in [-0.05, 0) is 20.8 Å². The molecule has 1 aromatic rings. The molecular formula is C14H26N4O4. The minimum Gasteiger partial charge on any atom is -0.444 e. The van der Waals surface area contributed by atoms with E-state index in [1.54, 1.807) is 32.1 Å². The highest BCUT2D eigenvalue weighted by atomic mass is 16.7. The first-order valence-corrected chi connectivity index (χ1v) is 7.04. The van der Waals surface area contributed by atoms with E-state index < -0.39 is 11.7 Å². The molecule has 0 fully saturated rings. The molecule has 0 bridgehead atoms. The Balaban J connectivity index is 2.61. The van der Waals surface area contributed by atoms with E-state index >= 15 is 0 Å². The number of carbonyl (C=O) groups excluding carboxylic acids is 1. The summed E-state index contributed by atoms with van der Waals surface area (Å²) in [6.07, 6.45) is 0.858. The summed E-state index contributed by atoms with van der Waals surface area (Å²) in [6, 6.07) is 0. The van der Waals surface area contributed by atoms with E-state index in [-0.39, 0.29) is 6.29 Å². The Bertz CT molecular complexity index is 478. The number of carbonyl (C=O) groups is 1. The highest BCUT2D eigenvalue weighted by molar-refractivity contribution is 5.84. The van der Waals surface area contributed by atoms with Crippen LogP contribution in [0.4, 0.5) is 10.6 Å². The maximum atomic E-state index is 11.9. The number of hydrogen-bond acceptors (Lipinski definition) is 6. The van der Waals surface area contributed by atoms with Crippen LogP contribution < -0.4 is 10.6 Å². The van der Waals surface area contributed by atoms with Gasteiger partial charge in [0.25, 0.3) is 0 Å². The Morgan fingerprint density at radius 3 is 2.55 bits per heavy atom. The average Bonchev–Trinajstić information content (AvgIpc) is 2.74. The third-order valence-electron chi connectivity index (χ3n) is 2.79. The van der Waals surface area contributed by atoms with Crippen LogP contribution in [-0.4, -0.2) is 48.5 Å². The van der Waals surface area contributed by atoms with Gasteiger partial charge >= 0.3 is 6.09 Å². The summed E-state index contributed by atoms with van der Waals surface area (Å²) >= 11 is 0. The molecule has 0 saturated heterocycles. The van der Waals surface area contributed by atoms with Gasteiger partial charge in [0.2, 0.25) is 0 Å². The van der Waals surface area contributed by atoms with E-state index in [4.69, 9.17) is 14.2 Å². The van der Waals surface area contributed by atoms with Crippen LogP contribution in [0.3, 0.4) is 0 Å². The summed E-state index contributed by atoms with van der Waals surface area (Å²) in [5, 5.41) is 10.0. The molecule has 0 unspecified atom stereocenters. The van der Waals surface area contributed by atoms with Crippen LogP contribution in [0.1, 0.15) is 26.3 Å². The fourth-order valence-corrected chi connectivity index (χ4v) is 1.76. The Kier molecular flexibility index (Phi) is 6.79. The van der Waals surface area contributed by atoms with Crippen molar-refractivity contribution in [1.82, 2.24) is 15.1 Å². The van der Waals surface area contributed by atoms with Crippen molar-refractivity contribution < 1.29 is 19.0 Å². The first kappa shape index (κ1) is 18.4. The van der Waals surface area contributed by atoms with Gasteiger partial charge in [-0.3, -0.25) is 10.00 Å². The number of nitrogens with zero attached hydrogens (tertiary/aromatic N) is 2. The van der Waals surface area contributed by atoms with E-state index in [1.165, 1.54) is 0 Å². The lowest BCUT2D eigenvalue weighted by atomic mass is 10.2. The minimum absolute atomic E-state index is 0.320. The molecule has 2 N–H and O–H groups in total. The van der Waals surface area contributed by atoms with Gasteiger partial charge in [-0.1, -0.05) is 0 Å². The largest absolute Gasteiger partial charge is 0.444 e. The monoisotopic (exact) mass is 314 g/mol. The maximum Gasteiger partial charge on any atom is 0.413 e. The first-order chi connectivity index (χ1) is 10.3. The minimum atomic E-state index is -0.550. The van der Waals surface area contributed by atoms with Gasteiger partial charge in [0.05, 0.1) is 6.20 Å². The van der Waals surface area contributed by atoms with Gasteiger partial charge in [0.1, 0.15) is 11.4 Å². The fourth-order valence-electron chi connectivity index (χ4n) is 1.76. The molecule has 0 radical (unpaired) electrons. The molecule has 0 atom stereocenters. The zero-order chi connectivity index (χ0) is 16.8. The molecule has 0 aliphatic rings. The Hall–Kier alpha value is -1.64. The van der Waals surface area contributed by atoms with Crippen molar-refractivity contribution in [3.05, 3.63) is 11.8 Å². The quantitative estimate of drug-likeness (QED) is 0.741.